The first-order valence-electron chi connectivity index (χ1n) is 10.0. The van der Waals surface area contributed by atoms with Crippen LogP contribution in [0.25, 0.3) is 11.3 Å². The van der Waals surface area contributed by atoms with Crippen LogP contribution in [0.3, 0.4) is 0 Å². The number of nitrogens with one attached hydrogen (secondary N) is 1. The van der Waals surface area contributed by atoms with Crippen molar-refractivity contribution >= 4 is 10.0 Å². The van der Waals surface area contributed by atoms with Crippen LogP contribution < -0.4 is 5.32 Å². The van der Waals surface area contributed by atoms with E-state index in [1.807, 2.05) is 45.0 Å². The van der Waals surface area contributed by atoms with E-state index in [4.69, 9.17) is 4.42 Å². The first-order valence-corrected chi connectivity index (χ1v) is 11.5. The van der Waals surface area contributed by atoms with E-state index in [0.29, 0.717) is 30.3 Å². The third kappa shape index (κ3) is 4.98. The lowest BCUT2D eigenvalue weighted by atomic mass is 10.1. The van der Waals surface area contributed by atoms with Gasteiger partial charge in [0.15, 0.2) is 0 Å². The molecule has 0 aliphatic rings. The molecule has 0 radical (unpaired) electrons. The van der Waals surface area contributed by atoms with Crippen molar-refractivity contribution in [2.45, 2.75) is 38.3 Å². The molecule has 0 aliphatic heterocycles. The molecule has 0 saturated heterocycles. The Labute approximate surface area is 177 Å². The van der Waals surface area contributed by atoms with Gasteiger partial charge in [-0.25, -0.2) is 12.8 Å². The van der Waals surface area contributed by atoms with Crippen molar-refractivity contribution in [3.8, 4) is 11.3 Å². The summed E-state index contributed by atoms with van der Waals surface area (Å²) in [5, 5.41) is 3.38. The van der Waals surface area contributed by atoms with Crippen LogP contribution in [0.1, 0.15) is 38.1 Å². The fourth-order valence-corrected chi connectivity index (χ4v) is 4.71. The standard InChI is InChI=1S/C23H27FN2O3S/c1-4-26(5-2)30(27,28)22-13-8-18(9-14-22)17(3)25-16-21-12-15-23(29-21)19-6-10-20(24)11-7-19/h6-15,17,25H,4-5,16H2,1-3H3. The van der Waals surface area contributed by atoms with Gasteiger partial charge in [-0.05, 0) is 61.0 Å². The predicted molar refractivity (Wildman–Crippen MR) is 116 cm³/mol. The molecule has 5 nitrogen and oxygen atoms in total. The number of halogens is 1. The van der Waals surface area contributed by atoms with Gasteiger partial charge in [-0.15, -0.1) is 0 Å². The van der Waals surface area contributed by atoms with Crippen LogP contribution in [0.4, 0.5) is 4.39 Å². The van der Waals surface area contributed by atoms with E-state index in [0.717, 1.165) is 16.9 Å². The van der Waals surface area contributed by atoms with Crippen LogP contribution in [-0.4, -0.2) is 25.8 Å². The quantitative estimate of drug-likeness (QED) is 0.521. The minimum Gasteiger partial charge on any atom is -0.460 e. The summed E-state index contributed by atoms with van der Waals surface area (Å²) in [6.45, 7) is 7.08. The monoisotopic (exact) mass is 430 g/mol. The van der Waals surface area contributed by atoms with Crippen LogP contribution in [-0.2, 0) is 16.6 Å². The van der Waals surface area contributed by atoms with Gasteiger partial charge in [-0.1, -0.05) is 26.0 Å². The van der Waals surface area contributed by atoms with Gasteiger partial charge >= 0.3 is 0 Å². The third-order valence-corrected chi connectivity index (χ3v) is 7.16. The number of benzene rings is 2. The average molecular weight is 431 g/mol. The molecule has 1 N–H and O–H groups in total. The van der Waals surface area contributed by atoms with Crippen molar-refractivity contribution in [3.05, 3.63) is 77.8 Å². The molecule has 0 aliphatic carbocycles. The van der Waals surface area contributed by atoms with Crippen molar-refractivity contribution in [1.29, 1.82) is 0 Å². The number of hydrogen-bond acceptors (Lipinski definition) is 4. The molecule has 3 rings (SSSR count). The Hall–Kier alpha value is -2.48. The van der Waals surface area contributed by atoms with Crippen LogP contribution in [0, 0.1) is 5.82 Å². The highest BCUT2D eigenvalue weighted by molar-refractivity contribution is 7.89. The van der Waals surface area contributed by atoms with Gasteiger partial charge in [0.05, 0.1) is 11.4 Å². The van der Waals surface area contributed by atoms with Crippen molar-refractivity contribution in [2.24, 2.45) is 0 Å². The molecule has 1 atom stereocenters. The van der Waals surface area contributed by atoms with Gasteiger partial charge in [0.1, 0.15) is 17.3 Å². The zero-order chi connectivity index (χ0) is 21.7. The lowest BCUT2D eigenvalue weighted by Crippen LogP contribution is -2.30. The van der Waals surface area contributed by atoms with Gasteiger partial charge < -0.3 is 9.73 Å². The zero-order valence-corrected chi connectivity index (χ0v) is 18.2. The Morgan fingerprint density at radius 1 is 0.967 bits per heavy atom. The van der Waals surface area contributed by atoms with E-state index in [2.05, 4.69) is 5.32 Å². The first kappa shape index (κ1) is 22.2. The predicted octanol–water partition coefficient (Wildman–Crippen LogP) is 4.97. The van der Waals surface area contributed by atoms with Gasteiger partial charge in [-0.3, -0.25) is 0 Å². The molecule has 3 aromatic rings. The van der Waals surface area contributed by atoms with E-state index in [1.54, 1.807) is 24.3 Å². The van der Waals surface area contributed by atoms with E-state index in [1.165, 1.54) is 16.4 Å². The lowest BCUT2D eigenvalue weighted by Gasteiger charge is -2.19. The van der Waals surface area contributed by atoms with E-state index < -0.39 is 10.0 Å². The molecule has 30 heavy (non-hydrogen) atoms. The molecular formula is C23H27FN2O3S. The molecule has 2 aromatic carbocycles. The van der Waals surface area contributed by atoms with E-state index >= 15 is 0 Å². The Balaban J connectivity index is 1.63. The molecule has 1 aromatic heterocycles. The minimum absolute atomic E-state index is 0.00887. The number of nitrogens with zero attached hydrogens (tertiary/aromatic N) is 1. The lowest BCUT2D eigenvalue weighted by molar-refractivity contribution is 0.445. The molecule has 0 bridgehead atoms. The Kier molecular flexibility index (Phi) is 7.07. The molecule has 1 heterocycles. The van der Waals surface area contributed by atoms with Crippen molar-refractivity contribution in [2.75, 3.05) is 13.1 Å². The highest BCUT2D eigenvalue weighted by Crippen LogP contribution is 2.23. The third-order valence-electron chi connectivity index (χ3n) is 5.10. The summed E-state index contributed by atoms with van der Waals surface area (Å²) in [6, 6.07) is 16.9. The van der Waals surface area contributed by atoms with Crippen LogP contribution >= 0.6 is 0 Å². The summed E-state index contributed by atoms with van der Waals surface area (Å²) in [4.78, 5) is 0.303. The summed E-state index contributed by atoms with van der Waals surface area (Å²) < 4.78 is 45.6. The molecule has 0 saturated carbocycles. The summed E-state index contributed by atoms with van der Waals surface area (Å²) in [6.07, 6.45) is 0. The highest BCUT2D eigenvalue weighted by Gasteiger charge is 2.21. The molecule has 1 unspecified atom stereocenters. The molecule has 0 amide bonds. The van der Waals surface area contributed by atoms with E-state index in [-0.39, 0.29) is 11.9 Å². The maximum atomic E-state index is 13.1. The van der Waals surface area contributed by atoms with Gasteiger partial charge in [0.2, 0.25) is 10.0 Å². The molecule has 160 valence electrons. The smallest absolute Gasteiger partial charge is 0.243 e. The molecule has 7 heteroatoms. The van der Waals surface area contributed by atoms with Crippen LogP contribution in [0.15, 0.2) is 70.0 Å². The Morgan fingerprint density at radius 2 is 1.60 bits per heavy atom. The van der Waals surface area contributed by atoms with Gasteiger partial charge in [0, 0.05) is 24.7 Å². The summed E-state index contributed by atoms with van der Waals surface area (Å²) in [5.41, 5.74) is 1.81. The molecule has 0 fully saturated rings. The van der Waals surface area contributed by atoms with Gasteiger partial charge in [-0.2, -0.15) is 4.31 Å². The SMILES string of the molecule is CCN(CC)S(=O)(=O)c1ccc(C(C)NCc2ccc(-c3ccc(F)cc3)o2)cc1. The highest BCUT2D eigenvalue weighted by atomic mass is 32.2. The topological polar surface area (TPSA) is 62.6 Å². The minimum atomic E-state index is -3.45. The number of furan rings is 1. The Bertz CT molecular complexity index is 1060. The normalized spacial score (nSPS) is 13.0. The average Bonchev–Trinajstić information content (AvgIpc) is 3.22. The maximum absolute atomic E-state index is 13.1. The molecule has 0 spiro atoms. The fourth-order valence-electron chi connectivity index (χ4n) is 3.25. The maximum Gasteiger partial charge on any atom is 0.243 e. The van der Waals surface area contributed by atoms with Crippen LogP contribution in [0.5, 0.6) is 0 Å². The van der Waals surface area contributed by atoms with Crippen LogP contribution in [0.2, 0.25) is 0 Å². The van der Waals surface area contributed by atoms with E-state index in [9.17, 15) is 12.8 Å². The largest absolute Gasteiger partial charge is 0.460 e. The zero-order valence-electron chi connectivity index (χ0n) is 17.4. The van der Waals surface area contributed by atoms with Crippen molar-refractivity contribution in [1.82, 2.24) is 9.62 Å². The molecular weight excluding hydrogens is 403 g/mol. The fraction of sp³-hybridized carbons (Fsp3) is 0.304. The first-order chi connectivity index (χ1) is 14.3. The van der Waals surface area contributed by atoms with Gasteiger partial charge in [0.25, 0.3) is 0 Å². The Morgan fingerprint density at radius 3 is 2.20 bits per heavy atom. The van der Waals surface area contributed by atoms with Crippen molar-refractivity contribution < 1.29 is 17.2 Å². The second-order valence-electron chi connectivity index (χ2n) is 7.03. The number of sulfonamides is 1. The number of hydrogen-bond donors (Lipinski definition) is 1. The second kappa shape index (κ2) is 9.55. The number of rotatable bonds is 9. The second-order valence-corrected chi connectivity index (χ2v) is 8.97. The summed E-state index contributed by atoms with van der Waals surface area (Å²) in [7, 11) is -3.45. The summed E-state index contributed by atoms with van der Waals surface area (Å²) >= 11 is 0. The summed E-state index contributed by atoms with van der Waals surface area (Å²) in [5.74, 6) is 1.17. The van der Waals surface area contributed by atoms with Crippen molar-refractivity contribution in [3.63, 3.8) is 0 Å².